The maximum Gasteiger partial charge on any atom is 0.357 e. The molecule has 0 unspecified atom stereocenters. The van der Waals surface area contributed by atoms with Gasteiger partial charge in [-0.05, 0) is 24.3 Å². The van der Waals surface area contributed by atoms with Gasteiger partial charge < -0.3 is 10.2 Å². The van der Waals surface area contributed by atoms with E-state index in [0.717, 1.165) is 5.01 Å². The summed E-state index contributed by atoms with van der Waals surface area (Å²) in [6, 6.07) is 17.1. The summed E-state index contributed by atoms with van der Waals surface area (Å²) in [5.74, 6) is -3.20. The number of nitrogens with one attached hydrogen (secondary N) is 1. The Morgan fingerprint density at radius 2 is 1.41 bits per heavy atom. The number of carbonyl (C=O) groups is 3. The fourth-order valence-electron chi connectivity index (χ4n) is 4.32. The van der Waals surface area contributed by atoms with E-state index in [2.05, 4.69) is 10.2 Å². The smallest absolute Gasteiger partial charge is 0.357 e. The molecule has 0 atom stereocenters. The van der Waals surface area contributed by atoms with Crippen LogP contribution in [0.3, 0.4) is 0 Å². The van der Waals surface area contributed by atoms with Gasteiger partial charge in [0, 0.05) is 10.8 Å². The summed E-state index contributed by atoms with van der Waals surface area (Å²) < 4.78 is 1.19. The van der Waals surface area contributed by atoms with Crippen molar-refractivity contribution in [1.82, 2.24) is 9.78 Å². The van der Waals surface area contributed by atoms with Crippen molar-refractivity contribution in [3.8, 4) is 5.69 Å². The second-order valence-corrected chi connectivity index (χ2v) is 10.3. The molecule has 4 rings (SSSR count). The van der Waals surface area contributed by atoms with Crippen molar-refractivity contribution in [2.75, 3.05) is 5.01 Å². The van der Waals surface area contributed by atoms with Crippen molar-refractivity contribution < 1.29 is 24.6 Å². The van der Waals surface area contributed by atoms with Crippen LogP contribution in [-0.4, -0.2) is 43.6 Å². The second kappa shape index (κ2) is 10.1. The van der Waals surface area contributed by atoms with Gasteiger partial charge in [0.1, 0.15) is 5.69 Å². The van der Waals surface area contributed by atoms with E-state index in [9.17, 15) is 29.4 Å². The molecule has 2 aromatic carbocycles. The number of hydrogen-bond acceptors (Lipinski definition) is 5. The zero-order valence-electron chi connectivity index (χ0n) is 21.9. The maximum atomic E-state index is 13.4. The molecule has 39 heavy (non-hydrogen) atoms. The molecule has 0 bridgehead atoms. The Labute approximate surface area is 224 Å². The van der Waals surface area contributed by atoms with Crippen molar-refractivity contribution in [2.45, 2.75) is 33.1 Å². The Balaban J connectivity index is 1.71. The van der Waals surface area contributed by atoms with E-state index < -0.39 is 34.2 Å². The number of H-pyrrole nitrogens is 1. The summed E-state index contributed by atoms with van der Waals surface area (Å²) in [7, 11) is 0. The van der Waals surface area contributed by atoms with Crippen LogP contribution >= 0.6 is 0 Å². The number of para-hydroxylation sites is 2. The van der Waals surface area contributed by atoms with Crippen LogP contribution in [0.1, 0.15) is 43.7 Å². The first-order valence-corrected chi connectivity index (χ1v) is 12.1. The van der Waals surface area contributed by atoms with Crippen LogP contribution in [0.15, 0.2) is 94.4 Å². The summed E-state index contributed by atoms with van der Waals surface area (Å²) in [5, 5.41) is 27.3. The van der Waals surface area contributed by atoms with Gasteiger partial charge in [-0.2, -0.15) is 10.1 Å². The fraction of sp³-hybridized carbons (Fsp3) is 0.207. The van der Waals surface area contributed by atoms with Gasteiger partial charge in [0.25, 0.3) is 11.5 Å². The van der Waals surface area contributed by atoms with Crippen molar-refractivity contribution in [1.29, 1.82) is 0 Å². The first kappa shape index (κ1) is 27.1. The average molecular weight is 529 g/mol. The standard InChI is InChI=1S/C29H28N4O6/c1-28(2,17-20-22(26(36)37)30-32(24(20)34)18-11-7-5-8-12-18)15-16-29(3,4)21-23(27(38)39)31-33(25(21)35)19-13-9-6-10-14-19/h5-17,31H,1-4H3,(H,36,37)(H,38,39)/b16-15?,20-17-. The number of carboxylic acids is 2. The number of amides is 1. The van der Waals surface area contributed by atoms with Crippen molar-refractivity contribution in [3.63, 3.8) is 0 Å². The third-order valence-electron chi connectivity index (χ3n) is 6.29. The Morgan fingerprint density at radius 3 is 1.95 bits per heavy atom. The average Bonchev–Trinajstić information content (AvgIpc) is 3.41. The van der Waals surface area contributed by atoms with Gasteiger partial charge in [0.2, 0.25) is 0 Å². The SMILES string of the molecule is CC(C)(C=CC(C)(C)c1c(C(=O)O)[nH]n(-c2ccccc2)c1=O)/C=C1\C(=O)N(c2ccccc2)N=C1C(=O)O. The maximum absolute atomic E-state index is 13.4. The minimum Gasteiger partial charge on any atom is -0.477 e. The number of aromatic nitrogens is 2. The third-order valence-corrected chi connectivity index (χ3v) is 6.29. The van der Waals surface area contributed by atoms with Gasteiger partial charge in [0.05, 0.1) is 22.5 Å². The number of carboxylic acid groups (broad SMARTS) is 2. The number of allylic oxidation sites excluding steroid dienone is 3. The lowest BCUT2D eigenvalue weighted by molar-refractivity contribution is -0.129. The number of nitrogens with zero attached hydrogens (tertiary/aromatic N) is 3. The van der Waals surface area contributed by atoms with Gasteiger partial charge in [-0.15, -0.1) is 0 Å². The zero-order valence-corrected chi connectivity index (χ0v) is 21.9. The van der Waals surface area contributed by atoms with E-state index in [1.54, 1.807) is 101 Å². The molecule has 0 fully saturated rings. The quantitative estimate of drug-likeness (QED) is 0.296. The van der Waals surface area contributed by atoms with E-state index in [1.165, 1.54) is 10.8 Å². The Bertz CT molecular complexity index is 1590. The number of carbonyl (C=O) groups excluding carboxylic acids is 1. The fourth-order valence-corrected chi connectivity index (χ4v) is 4.32. The van der Waals surface area contributed by atoms with Crippen LogP contribution in [0, 0.1) is 5.41 Å². The van der Waals surface area contributed by atoms with E-state index >= 15 is 0 Å². The highest BCUT2D eigenvalue weighted by atomic mass is 16.4. The zero-order chi connectivity index (χ0) is 28.5. The van der Waals surface area contributed by atoms with Crippen molar-refractivity contribution in [3.05, 3.63) is 106 Å². The molecule has 3 N–H and O–H groups in total. The molecule has 10 heteroatoms. The van der Waals surface area contributed by atoms with E-state index in [1.807, 2.05) is 0 Å². The lowest BCUT2D eigenvalue weighted by Gasteiger charge is -2.23. The molecule has 10 nitrogen and oxygen atoms in total. The number of hydrogen-bond donors (Lipinski definition) is 3. The van der Waals surface area contributed by atoms with Crippen LogP contribution in [0.5, 0.6) is 0 Å². The molecular formula is C29H28N4O6. The molecular weight excluding hydrogens is 500 g/mol. The lowest BCUT2D eigenvalue weighted by atomic mass is 9.80. The van der Waals surface area contributed by atoms with Crippen LogP contribution in [-0.2, 0) is 15.0 Å². The van der Waals surface area contributed by atoms with E-state index in [4.69, 9.17) is 0 Å². The molecule has 1 aliphatic rings. The molecule has 0 aliphatic carbocycles. The minimum absolute atomic E-state index is 0.0542. The summed E-state index contributed by atoms with van der Waals surface area (Å²) >= 11 is 0. The van der Waals surface area contributed by atoms with Crippen LogP contribution < -0.4 is 10.6 Å². The normalized spacial score (nSPS) is 15.3. The van der Waals surface area contributed by atoms with Gasteiger partial charge in [0.15, 0.2) is 5.71 Å². The van der Waals surface area contributed by atoms with Crippen molar-refractivity contribution >= 4 is 29.2 Å². The Kier molecular flexibility index (Phi) is 6.97. The molecule has 1 amide bonds. The molecule has 0 spiro atoms. The number of anilines is 1. The predicted octanol–water partition coefficient (Wildman–Crippen LogP) is 4.14. The first-order chi connectivity index (χ1) is 18.3. The van der Waals surface area contributed by atoms with Crippen molar-refractivity contribution in [2.24, 2.45) is 10.5 Å². The molecule has 200 valence electrons. The van der Waals surface area contributed by atoms with Crippen LogP contribution in [0.25, 0.3) is 5.69 Å². The van der Waals surface area contributed by atoms with Gasteiger partial charge in [-0.3, -0.25) is 14.7 Å². The topological polar surface area (TPSA) is 145 Å². The molecule has 1 aromatic heterocycles. The van der Waals surface area contributed by atoms with E-state index in [-0.39, 0.29) is 22.5 Å². The van der Waals surface area contributed by atoms with Gasteiger partial charge in [-0.1, -0.05) is 82.3 Å². The Morgan fingerprint density at radius 1 is 0.846 bits per heavy atom. The highest BCUT2D eigenvalue weighted by Gasteiger charge is 2.37. The number of aromatic carboxylic acids is 1. The summed E-state index contributed by atoms with van der Waals surface area (Å²) in [6.07, 6.45) is 4.90. The number of rotatable bonds is 8. The molecule has 2 heterocycles. The van der Waals surface area contributed by atoms with Crippen LogP contribution in [0.2, 0.25) is 0 Å². The number of benzene rings is 2. The number of aliphatic carboxylic acids is 1. The lowest BCUT2D eigenvalue weighted by Crippen LogP contribution is -2.28. The molecule has 3 aromatic rings. The first-order valence-electron chi connectivity index (χ1n) is 12.1. The second-order valence-electron chi connectivity index (χ2n) is 10.3. The monoisotopic (exact) mass is 528 g/mol. The third kappa shape index (κ3) is 5.35. The number of hydrazone groups is 1. The summed E-state index contributed by atoms with van der Waals surface area (Å²) in [6.45, 7) is 6.95. The largest absolute Gasteiger partial charge is 0.477 e. The highest BCUT2D eigenvalue weighted by molar-refractivity contribution is 6.52. The molecule has 0 saturated carbocycles. The Hall–Kier alpha value is -4.99. The summed E-state index contributed by atoms with van der Waals surface area (Å²) in [5.41, 5.74) is -2.13. The van der Waals surface area contributed by atoms with Gasteiger partial charge in [-0.25, -0.2) is 14.3 Å². The minimum atomic E-state index is -1.34. The summed E-state index contributed by atoms with van der Waals surface area (Å²) in [4.78, 5) is 50.5. The molecule has 0 radical (unpaired) electrons. The van der Waals surface area contributed by atoms with Crippen LogP contribution in [0.4, 0.5) is 5.69 Å². The highest BCUT2D eigenvalue weighted by Crippen LogP contribution is 2.32. The van der Waals surface area contributed by atoms with Gasteiger partial charge >= 0.3 is 11.9 Å². The predicted molar refractivity (Wildman–Crippen MR) is 146 cm³/mol. The number of aromatic amines is 1. The van der Waals surface area contributed by atoms with E-state index in [0.29, 0.717) is 11.4 Å². The molecule has 0 saturated heterocycles. The molecule has 1 aliphatic heterocycles.